The Kier molecular flexibility index (Phi) is 12.4. The van der Waals surface area contributed by atoms with Crippen molar-refractivity contribution in [3.63, 3.8) is 0 Å². The number of methoxy groups -OCH3 is 1. The largest absolute Gasteiger partial charge is 0.490 e. The molecule has 252 valence electrons. The van der Waals surface area contributed by atoms with Crippen LogP contribution in [-0.2, 0) is 4.79 Å². The third-order valence-electron chi connectivity index (χ3n) is 8.42. The molecule has 3 aromatic rings. The van der Waals surface area contributed by atoms with Gasteiger partial charge in [0.2, 0.25) is 17.3 Å². The summed E-state index contributed by atoms with van der Waals surface area (Å²) in [5.74, 6) is 3.22. The molecule has 48 heavy (non-hydrogen) atoms. The predicted octanol–water partition coefficient (Wildman–Crippen LogP) is 8.72. The topological polar surface area (TPSA) is 69.4 Å². The zero-order valence-electron chi connectivity index (χ0n) is 29.5. The number of carbonyl (C=O) groups is 1. The number of benzene rings is 3. The summed E-state index contributed by atoms with van der Waals surface area (Å²) in [7, 11) is 3.69. The van der Waals surface area contributed by atoms with Gasteiger partial charge < -0.3 is 24.6 Å². The van der Waals surface area contributed by atoms with Gasteiger partial charge in [0.05, 0.1) is 25.8 Å². The first kappa shape index (κ1) is 35.7. The molecule has 0 saturated carbocycles. The van der Waals surface area contributed by atoms with Gasteiger partial charge in [0.15, 0.2) is 12.8 Å². The van der Waals surface area contributed by atoms with Crippen LogP contribution in [0.15, 0.2) is 91.2 Å². The number of rotatable bonds is 13. The monoisotopic (exact) mass is 648 g/mol. The number of amides is 1. The van der Waals surface area contributed by atoms with Crippen LogP contribution in [-0.4, -0.2) is 61.2 Å². The van der Waals surface area contributed by atoms with Crippen LogP contribution in [0, 0.1) is 13.8 Å². The Morgan fingerprint density at radius 1 is 1.12 bits per heavy atom. The molecule has 1 aliphatic rings. The van der Waals surface area contributed by atoms with Crippen molar-refractivity contribution in [1.82, 2.24) is 4.90 Å². The highest BCUT2D eigenvalue weighted by Gasteiger charge is 2.28. The zero-order chi connectivity index (χ0) is 34.8. The molecule has 8 nitrogen and oxygen atoms in total. The van der Waals surface area contributed by atoms with Gasteiger partial charge in [-0.05, 0) is 91.6 Å². The van der Waals surface area contributed by atoms with Crippen molar-refractivity contribution in [2.45, 2.75) is 53.4 Å². The first-order valence-corrected chi connectivity index (χ1v) is 16.6. The summed E-state index contributed by atoms with van der Waals surface area (Å²) in [6, 6.07) is 16.4. The smallest absolute Gasteiger partial charge is 0.248 e. The van der Waals surface area contributed by atoms with Crippen molar-refractivity contribution < 1.29 is 18.8 Å². The molecule has 0 spiro atoms. The number of ether oxygens (including phenoxy) is 2. The number of hydrogen-bond donors (Lipinski definition) is 1. The SMILES string of the molecule is C=CC(=O)N1CC=[N+](c2ccc(C)c(C(=N/C=C/CCC)Nc3ccc(Oc4ccc(N(C)C=C)c(C(C)C)c4)c(C)c3)c2OC)CC1. The fourth-order valence-electron chi connectivity index (χ4n) is 5.66. The Morgan fingerprint density at radius 2 is 1.92 bits per heavy atom. The summed E-state index contributed by atoms with van der Waals surface area (Å²) in [4.78, 5) is 20.9. The molecular weight excluding hydrogens is 598 g/mol. The Balaban J connectivity index is 1.67. The minimum absolute atomic E-state index is 0.0683. The van der Waals surface area contributed by atoms with Crippen molar-refractivity contribution in [3.05, 3.63) is 108 Å². The lowest BCUT2D eigenvalue weighted by molar-refractivity contribution is -0.443. The van der Waals surface area contributed by atoms with E-state index in [4.69, 9.17) is 14.5 Å². The number of aliphatic imine (C=N–C) groups is 1. The quantitative estimate of drug-likeness (QED) is 0.0869. The van der Waals surface area contributed by atoms with E-state index in [-0.39, 0.29) is 5.91 Å². The van der Waals surface area contributed by atoms with Crippen LogP contribution in [0.4, 0.5) is 17.1 Å². The molecule has 0 unspecified atom stereocenters. The van der Waals surface area contributed by atoms with Gasteiger partial charge in [-0.25, -0.2) is 4.99 Å². The van der Waals surface area contributed by atoms with E-state index in [1.807, 2.05) is 55.7 Å². The van der Waals surface area contributed by atoms with Crippen molar-refractivity contribution in [2.75, 3.05) is 44.0 Å². The summed E-state index contributed by atoms with van der Waals surface area (Å²) in [6.07, 6.45) is 11.1. The van der Waals surface area contributed by atoms with Crippen molar-refractivity contribution in [3.8, 4) is 17.2 Å². The van der Waals surface area contributed by atoms with Crippen LogP contribution < -0.4 is 19.7 Å². The van der Waals surface area contributed by atoms with E-state index in [0.717, 1.165) is 58.1 Å². The Hall–Kier alpha value is -5.11. The third kappa shape index (κ3) is 8.42. The molecule has 1 amide bonds. The zero-order valence-corrected chi connectivity index (χ0v) is 29.5. The minimum atomic E-state index is -0.0683. The normalized spacial score (nSPS) is 13.4. The van der Waals surface area contributed by atoms with Crippen molar-refractivity contribution >= 4 is 35.0 Å². The molecule has 0 fully saturated rings. The lowest BCUT2D eigenvalue weighted by Gasteiger charge is -2.23. The molecule has 0 aliphatic carbocycles. The molecule has 0 atom stereocenters. The van der Waals surface area contributed by atoms with E-state index < -0.39 is 0 Å². The second kappa shape index (κ2) is 16.6. The summed E-state index contributed by atoms with van der Waals surface area (Å²) < 4.78 is 14.6. The molecular formula is C40H50N5O3+. The molecule has 4 rings (SSSR count). The number of allylic oxidation sites excluding steroid dienone is 1. The van der Waals surface area contributed by atoms with E-state index in [2.05, 4.69) is 87.2 Å². The van der Waals surface area contributed by atoms with Gasteiger partial charge in [-0.15, -0.1) is 0 Å². The number of aryl methyl sites for hydroxylation is 2. The maximum Gasteiger partial charge on any atom is 0.248 e. The second-order valence-corrected chi connectivity index (χ2v) is 12.2. The van der Waals surface area contributed by atoms with Gasteiger partial charge in [0.25, 0.3) is 0 Å². The molecule has 8 heteroatoms. The fourth-order valence-corrected chi connectivity index (χ4v) is 5.66. The van der Waals surface area contributed by atoms with Crippen LogP contribution in [0.25, 0.3) is 0 Å². The second-order valence-electron chi connectivity index (χ2n) is 12.2. The van der Waals surface area contributed by atoms with Crippen LogP contribution in [0.5, 0.6) is 17.2 Å². The van der Waals surface area contributed by atoms with Gasteiger partial charge in [-0.3, -0.25) is 4.79 Å². The first-order valence-electron chi connectivity index (χ1n) is 16.6. The predicted molar refractivity (Wildman–Crippen MR) is 200 cm³/mol. The van der Waals surface area contributed by atoms with Crippen molar-refractivity contribution in [2.24, 2.45) is 4.99 Å². The molecule has 3 aromatic carbocycles. The van der Waals surface area contributed by atoms with Gasteiger partial charge in [0, 0.05) is 30.7 Å². The van der Waals surface area contributed by atoms with E-state index in [1.165, 1.54) is 11.6 Å². The van der Waals surface area contributed by atoms with E-state index in [9.17, 15) is 4.79 Å². The summed E-state index contributed by atoms with van der Waals surface area (Å²) in [6.45, 7) is 19.9. The molecule has 1 aliphatic heterocycles. The van der Waals surface area contributed by atoms with Crippen LogP contribution in [0.3, 0.4) is 0 Å². The van der Waals surface area contributed by atoms with Gasteiger partial charge in [0.1, 0.15) is 17.3 Å². The molecule has 0 radical (unpaired) electrons. The first-order chi connectivity index (χ1) is 23.1. The molecule has 1 heterocycles. The highest BCUT2D eigenvalue weighted by Crippen LogP contribution is 2.36. The van der Waals surface area contributed by atoms with Crippen LogP contribution in [0.2, 0.25) is 0 Å². The molecule has 0 aromatic heterocycles. The lowest BCUT2D eigenvalue weighted by atomic mass is 10.00. The summed E-state index contributed by atoms with van der Waals surface area (Å²) in [5.41, 5.74) is 6.98. The van der Waals surface area contributed by atoms with E-state index in [1.54, 1.807) is 12.0 Å². The highest BCUT2D eigenvalue weighted by molar-refractivity contribution is 6.12. The van der Waals surface area contributed by atoms with Gasteiger partial charge in [-0.2, -0.15) is 4.58 Å². The maximum atomic E-state index is 12.2. The Bertz CT molecular complexity index is 1740. The number of anilines is 2. The number of carbonyl (C=O) groups excluding carboxylic acids is 1. The average Bonchev–Trinajstić information content (AvgIpc) is 3.09. The third-order valence-corrected chi connectivity index (χ3v) is 8.42. The highest BCUT2D eigenvalue weighted by atomic mass is 16.5. The van der Waals surface area contributed by atoms with Gasteiger partial charge >= 0.3 is 0 Å². The number of nitrogens with zero attached hydrogens (tertiary/aromatic N) is 4. The maximum absolute atomic E-state index is 12.2. The average molecular weight is 649 g/mol. The molecule has 0 bridgehead atoms. The van der Waals surface area contributed by atoms with Crippen LogP contribution in [0.1, 0.15) is 61.8 Å². The van der Waals surface area contributed by atoms with Gasteiger partial charge in [-0.1, -0.05) is 52.5 Å². The number of amidine groups is 1. The fraction of sp³-hybridized carbons (Fsp3) is 0.325. The van der Waals surface area contributed by atoms with Crippen molar-refractivity contribution in [1.29, 1.82) is 0 Å². The standard InChI is InChI=1S/C40H50N5O3/c1-10-13-14-21-41-40(38-29(6)15-18-35(39(38)47-9)44-22-24-45(25-23-44)37(46)11-2)42-31-16-20-36(30(7)26-31)48-32-17-19-34(43(8)12-3)33(27-32)28(4)5/h11-12,14-22,26-28H,2-3,10,13,23-25H2,1,4-9H3,(H,41,42)/q+1/b21-14+. The van der Waals surface area contributed by atoms with E-state index in [0.29, 0.717) is 37.1 Å². The number of unbranched alkanes of at least 4 members (excludes halogenated alkanes) is 1. The molecule has 1 N–H and O–H groups in total. The Labute approximate surface area is 286 Å². The molecule has 0 saturated heterocycles. The number of hydrogen-bond acceptors (Lipinski definition) is 5. The van der Waals surface area contributed by atoms with Crippen LogP contribution >= 0.6 is 0 Å². The summed E-state index contributed by atoms with van der Waals surface area (Å²) >= 11 is 0. The summed E-state index contributed by atoms with van der Waals surface area (Å²) in [5, 5.41) is 3.59. The van der Waals surface area contributed by atoms with E-state index >= 15 is 0 Å². The number of nitrogens with one attached hydrogen (secondary N) is 1. The Morgan fingerprint density at radius 3 is 2.54 bits per heavy atom. The lowest BCUT2D eigenvalue weighted by Crippen LogP contribution is -2.41. The minimum Gasteiger partial charge on any atom is -0.490 e.